The van der Waals surface area contributed by atoms with E-state index in [0.29, 0.717) is 12.1 Å². The van der Waals surface area contributed by atoms with Gasteiger partial charge in [-0.05, 0) is 6.92 Å². The van der Waals surface area contributed by atoms with Crippen LogP contribution in [-0.2, 0) is 14.3 Å². The van der Waals surface area contributed by atoms with Gasteiger partial charge in [-0.2, -0.15) is 0 Å². The zero-order chi connectivity index (χ0) is 10.4. The van der Waals surface area contributed by atoms with Gasteiger partial charge in [0.05, 0.1) is 13.7 Å². The SMILES string of the molecule is CN1CC1=O.COC(=O)C(C)=CN. The lowest BCUT2D eigenvalue weighted by Gasteiger charge is -1.93. The number of nitrogens with zero attached hydrogens (tertiary/aromatic N) is 1. The molecule has 5 heteroatoms. The van der Waals surface area contributed by atoms with Crippen molar-refractivity contribution in [3.63, 3.8) is 0 Å². The molecule has 1 amide bonds. The maximum Gasteiger partial charge on any atom is 0.334 e. The van der Waals surface area contributed by atoms with E-state index in [-0.39, 0.29) is 11.9 Å². The van der Waals surface area contributed by atoms with Crippen molar-refractivity contribution in [3.8, 4) is 0 Å². The number of likely N-dealkylation sites (N-methyl/N-ethyl adjacent to an activating group) is 1. The molecule has 0 aromatic rings. The highest BCUT2D eigenvalue weighted by Crippen LogP contribution is 1.97. The number of amides is 1. The largest absolute Gasteiger partial charge is 0.466 e. The Balaban J connectivity index is 0.000000243. The van der Waals surface area contributed by atoms with E-state index < -0.39 is 0 Å². The molecule has 2 N–H and O–H groups in total. The Labute approximate surface area is 77.1 Å². The summed E-state index contributed by atoms with van der Waals surface area (Å²) in [4.78, 5) is 21.8. The quantitative estimate of drug-likeness (QED) is 0.340. The predicted molar refractivity (Wildman–Crippen MR) is 47.6 cm³/mol. The fourth-order valence-corrected chi connectivity index (χ4v) is 0.397. The van der Waals surface area contributed by atoms with Crippen LogP contribution in [0.25, 0.3) is 0 Å². The van der Waals surface area contributed by atoms with Crippen molar-refractivity contribution in [1.29, 1.82) is 0 Å². The second-order valence-electron chi connectivity index (χ2n) is 2.59. The Bertz CT molecular complexity index is 236. The van der Waals surface area contributed by atoms with Crippen LogP contribution in [0.5, 0.6) is 0 Å². The van der Waals surface area contributed by atoms with Gasteiger partial charge in [0.15, 0.2) is 0 Å². The topological polar surface area (TPSA) is 72.4 Å². The molecule has 0 atom stereocenters. The zero-order valence-electron chi connectivity index (χ0n) is 8.03. The molecule has 1 saturated heterocycles. The van der Waals surface area contributed by atoms with Gasteiger partial charge in [0, 0.05) is 18.8 Å². The summed E-state index contributed by atoms with van der Waals surface area (Å²) in [6.45, 7) is 2.26. The molecule has 5 nitrogen and oxygen atoms in total. The number of hydrogen-bond acceptors (Lipinski definition) is 4. The molecule has 1 aliphatic rings. The molecular weight excluding hydrogens is 172 g/mol. The lowest BCUT2D eigenvalue weighted by molar-refractivity contribution is -0.136. The first-order valence-corrected chi connectivity index (χ1v) is 3.73. The van der Waals surface area contributed by atoms with Gasteiger partial charge >= 0.3 is 5.97 Å². The summed E-state index contributed by atoms with van der Waals surface area (Å²) in [5.74, 6) is -0.127. The molecule has 74 valence electrons. The maximum absolute atomic E-state index is 10.4. The third kappa shape index (κ3) is 4.84. The molecule has 0 aromatic heterocycles. The van der Waals surface area contributed by atoms with E-state index in [0.717, 1.165) is 0 Å². The molecule has 13 heavy (non-hydrogen) atoms. The van der Waals surface area contributed by atoms with E-state index in [1.54, 1.807) is 18.9 Å². The van der Waals surface area contributed by atoms with E-state index in [1.807, 2.05) is 0 Å². The van der Waals surface area contributed by atoms with Crippen LogP contribution in [0.4, 0.5) is 0 Å². The molecule has 0 aromatic carbocycles. The zero-order valence-corrected chi connectivity index (χ0v) is 8.03. The van der Waals surface area contributed by atoms with E-state index in [2.05, 4.69) is 4.74 Å². The van der Waals surface area contributed by atoms with Gasteiger partial charge in [-0.15, -0.1) is 0 Å². The number of carbonyl (C=O) groups is 2. The summed E-state index contributed by atoms with van der Waals surface area (Å²) in [5.41, 5.74) is 5.41. The standard InChI is InChI=1S/C5H9NO2.C3H5NO/c1-4(3-6)5(7)8-2;1-4-2-3(4)5/h3H,6H2,1-2H3;2H2,1H3. The van der Waals surface area contributed by atoms with Crippen LogP contribution < -0.4 is 5.73 Å². The molecule has 0 spiro atoms. The first-order valence-electron chi connectivity index (χ1n) is 3.73. The van der Waals surface area contributed by atoms with Crippen LogP contribution in [0, 0.1) is 0 Å². The summed E-state index contributed by atoms with van der Waals surface area (Å²) >= 11 is 0. The number of rotatable bonds is 1. The summed E-state index contributed by atoms with van der Waals surface area (Å²) in [6.07, 6.45) is 1.21. The Morgan fingerprint density at radius 2 is 2.08 bits per heavy atom. The molecule has 0 aliphatic carbocycles. The monoisotopic (exact) mass is 186 g/mol. The molecule has 1 rings (SSSR count). The highest BCUT2D eigenvalue weighted by Gasteiger charge is 2.23. The van der Waals surface area contributed by atoms with Gasteiger partial charge in [0.2, 0.25) is 5.91 Å². The lowest BCUT2D eigenvalue weighted by atomic mass is 10.3. The molecule has 0 unspecified atom stereocenters. The maximum atomic E-state index is 10.4. The van der Waals surface area contributed by atoms with Gasteiger partial charge in [-0.25, -0.2) is 4.79 Å². The summed E-state index contributed by atoms with van der Waals surface area (Å²) in [6, 6.07) is 0. The lowest BCUT2D eigenvalue weighted by Crippen LogP contribution is -2.02. The van der Waals surface area contributed by atoms with Gasteiger partial charge in [0.25, 0.3) is 0 Å². The highest BCUT2D eigenvalue weighted by atomic mass is 16.5. The van der Waals surface area contributed by atoms with E-state index in [4.69, 9.17) is 5.73 Å². The molecule has 0 radical (unpaired) electrons. The molecular formula is C8H14N2O3. The van der Waals surface area contributed by atoms with Crippen LogP contribution >= 0.6 is 0 Å². The van der Waals surface area contributed by atoms with Crippen molar-refractivity contribution in [3.05, 3.63) is 11.8 Å². The number of esters is 1. The van der Waals surface area contributed by atoms with Crippen LogP contribution in [-0.4, -0.2) is 37.5 Å². The summed E-state index contributed by atoms with van der Waals surface area (Å²) < 4.78 is 4.32. The normalized spacial score (nSPS) is 14.5. The average molecular weight is 186 g/mol. The second kappa shape index (κ2) is 5.18. The third-order valence-corrected chi connectivity index (χ3v) is 1.45. The van der Waals surface area contributed by atoms with Gasteiger partial charge in [0.1, 0.15) is 0 Å². The van der Waals surface area contributed by atoms with Gasteiger partial charge in [-0.3, -0.25) is 4.79 Å². The number of nitrogens with two attached hydrogens (primary N) is 1. The minimum atomic E-state index is -0.382. The third-order valence-electron chi connectivity index (χ3n) is 1.45. The average Bonchev–Trinajstić information content (AvgIpc) is 2.78. The Morgan fingerprint density at radius 3 is 2.15 bits per heavy atom. The van der Waals surface area contributed by atoms with E-state index in [1.165, 1.54) is 13.3 Å². The van der Waals surface area contributed by atoms with Crippen molar-refractivity contribution in [2.75, 3.05) is 20.7 Å². The minimum Gasteiger partial charge on any atom is -0.466 e. The fraction of sp³-hybridized carbons (Fsp3) is 0.500. The summed E-state index contributed by atoms with van der Waals surface area (Å²) in [5, 5.41) is 0. The van der Waals surface area contributed by atoms with Crippen LogP contribution in [0.3, 0.4) is 0 Å². The first-order chi connectivity index (χ1) is 6.02. The van der Waals surface area contributed by atoms with Gasteiger partial charge in [-0.1, -0.05) is 0 Å². The Hall–Kier alpha value is -1.52. The summed E-state index contributed by atoms with van der Waals surface area (Å²) in [7, 11) is 3.09. The van der Waals surface area contributed by atoms with Crippen molar-refractivity contribution < 1.29 is 14.3 Å². The predicted octanol–water partition coefficient (Wildman–Crippen LogP) is -0.520. The molecule has 0 saturated carbocycles. The fourth-order valence-electron chi connectivity index (χ4n) is 0.397. The van der Waals surface area contributed by atoms with Crippen LogP contribution in [0.15, 0.2) is 11.8 Å². The first kappa shape index (κ1) is 11.5. The number of carbonyl (C=O) groups excluding carboxylic acids is 2. The number of hydrogen-bond donors (Lipinski definition) is 1. The number of ether oxygens (including phenoxy) is 1. The second-order valence-corrected chi connectivity index (χ2v) is 2.59. The van der Waals surface area contributed by atoms with Crippen molar-refractivity contribution >= 4 is 11.9 Å². The van der Waals surface area contributed by atoms with E-state index in [9.17, 15) is 9.59 Å². The molecule has 1 fully saturated rings. The van der Waals surface area contributed by atoms with E-state index >= 15 is 0 Å². The molecule has 1 aliphatic heterocycles. The Morgan fingerprint density at radius 1 is 1.69 bits per heavy atom. The molecule has 1 heterocycles. The highest BCUT2D eigenvalue weighted by molar-refractivity contribution is 5.91. The molecule has 0 bridgehead atoms. The van der Waals surface area contributed by atoms with Crippen molar-refractivity contribution in [2.45, 2.75) is 6.92 Å². The van der Waals surface area contributed by atoms with Crippen molar-refractivity contribution in [2.24, 2.45) is 5.73 Å². The Kier molecular flexibility index (Phi) is 4.58. The smallest absolute Gasteiger partial charge is 0.334 e. The van der Waals surface area contributed by atoms with Gasteiger partial charge < -0.3 is 15.4 Å². The van der Waals surface area contributed by atoms with Crippen LogP contribution in [0.2, 0.25) is 0 Å². The number of methoxy groups -OCH3 is 1. The van der Waals surface area contributed by atoms with Crippen LogP contribution in [0.1, 0.15) is 6.92 Å². The minimum absolute atomic E-state index is 0.255. The van der Waals surface area contributed by atoms with Crippen molar-refractivity contribution in [1.82, 2.24) is 4.90 Å².